The van der Waals surface area contributed by atoms with Gasteiger partial charge in [0.25, 0.3) is 11.4 Å². The van der Waals surface area contributed by atoms with E-state index in [4.69, 9.17) is 9.47 Å². The lowest BCUT2D eigenvalue weighted by atomic mass is 10.0. The van der Waals surface area contributed by atoms with Gasteiger partial charge in [0.2, 0.25) is 5.91 Å². The van der Waals surface area contributed by atoms with Gasteiger partial charge in [-0.2, -0.15) is 0 Å². The summed E-state index contributed by atoms with van der Waals surface area (Å²) in [5.74, 6) is -1.02. The number of nitrogens with one attached hydrogen (secondary N) is 1. The molecule has 0 aliphatic heterocycles. The summed E-state index contributed by atoms with van der Waals surface area (Å²) in [6.07, 6.45) is -0.320. The Morgan fingerprint density at radius 1 is 1.03 bits per heavy atom. The van der Waals surface area contributed by atoms with Gasteiger partial charge in [-0.15, -0.1) is 0 Å². The molecule has 0 aromatic heterocycles. The number of ether oxygens (including phenoxy) is 2. The molecule has 158 valence electrons. The lowest BCUT2D eigenvalue weighted by Crippen LogP contribution is -2.43. The molecular weight excluding hydrogens is 398 g/mol. The number of non-ortho nitro benzene ring substituents is 2. The third-order valence-electron chi connectivity index (χ3n) is 4.21. The van der Waals surface area contributed by atoms with E-state index >= 15 is 0 Å². The lowest BCUT2D eigenvalue weighted by molar-refractivity contribution is -0.385. The quantitative estimate of drug-likeness (QED) is 0.369. The number of benzene rings is 2. The number of amides is 1. The summed E-state index contributed by atoms with van der Waals surface area (Å²) in [6.45, 7) is 0. The maximum atomic E-state index is 12.4. The van der Waals surface area contributed by atoms with Crippen LogP contribution in [0.3, 0.4) is 0 Å². The molecule has 2 aromatic carbocycles. The van der Waals surface area contributed by atoms with E-state index < -0.39 is 27.8 Å². The highest BCUT2D eigenvalue weighted by atomic mass is 16.6. The van der Waals surface area contributed by atoms with E-state index in [1.807, 2.05) is 0 Å². The predicted molar refractivity (Wildman–Crippen MR) is 104 cm³/mol. The van der Waals surface area contributed by atoms with E-state index in [1.165, 1.54) is 43.5 Å². The normalized spacial score (nSPS) is 11.3. The number of nitrogens with zero attached hydrogens (tertiary/aromatic N) is 2. The first-order valence-corrected chi connectivity index (χ1v) is 8.67. The van der Waals surface area contributed by atoms with Crippen molar-refractivity contribution in [3.8, 4) is 5.75 Å². The van der Waals surface area contributed by atoms with E-state index in [1.54, 1.807) is 6.07 Å². The molecule has 0 spiro atoms. The Kier molecular flexibility index (Phi) is 7.39. The zero-order valence-electron chi connectivity index (χ0n) is 16.2. The van der Waals surface area contributed by atoms with Gasteiger partial charge in [-0.25, -0.2) is 4.79 Å². The summed E-state index contributed by atoms with van der Waals surface area (Å²) in [4.78, 5) is 45.3. The summed E-state index contributed by atoms with van der Waals surface area (Å²) < 4.78 is 9.90. The third kappa shape index (κ3) is 5.74. The van der Waals surface area contributed by atoms with Crippen LogP contribution in [0.25, 0.3) is 0 Å². The second-order valence-corrected chi connectivity index (χ2v) is 6.20. The third-order valence-corrected chi connectivity index (χ3v) is 4.21. The predicted octanol–water partition coefficient (Wildman–Crippen LogP) is 1.95. The van der Waals surface area contributed by atoms with Gasteiger partial charge in [-0.3, -0.25) is 25.0 Å². The number of rotatable bonds is 9. The van der Waals surface area contributed by atoms with Crippen LogP contribution in [0, 0.1) is 20.2 Å². The van der Waals surface area contributed by atoms with Gasteiger partial charge < -0.3 is 14.8 Å². The number of methoxy groups -OCH3 is 2. The zero-order valence-corrected chi connectivity index (χ0v) is 16.2. The van der Waals surface area contributed by atoms with Crippen molar-refractivity contribution in [2.45, 2.75) is 18.9 Å². The molecule has 2 aromatic rings. The second kappa shape index (κ2) is 9.96. The number of carbonyl (C=O) groups is 2. The van der Waals surface area contributed by atoms with Crippen molar-refractivity contribution in [1.82, 2.24) is 5.32 Å². The Labute approximate surface area is 170 Å². The van der Waals surface area contributed by atoms with Gasteiger partial charge in [0.15, 0.2) is 0 Å². The van der Waals surface area contributed by atoms with Crippen molar-refractivity contribution in [2.75, 3.05) is 14.2 Å². The van der Waals surface area contributed by atoms with E-state index in [2.05, 4.69) is 5.32 Å². The Hall–Kier alpha value is -4.02. The number of nitro groups is 2. The Balaban J connectivity index is 2.21. The monoisotopic (exact) mass is 417 g/mol. The van der Waals surface area contributed by atoms with E-state index in [0.717, 1.165) is 7.11 Å². The van der Waals surface area contributed by atoms with Crippen molar-refractivity contribution in [3.05, 3.63) is 73.8 Å². The van der Waals surface area contributed by atoms with Crippen LogP contribution in [-0.4, -0.2) is 42.0 Å². The van der Waals surface area contributed by atoms with E-state index in [0.29, 0.717) is 16.9 Å². The first-order valence-electron chi connectivity index (χ1n) is 8.67. The van der Waals surface area contributed by atoms with Crippen LogP contribution in [0.2, 0.25) is 0 Å². The summed E-state index contributed by atoms with van der Waals surface area (Å²) in [6, 6.07) is 8.32. The van der Waals surface area contributed by atoms with Gasteiger partial charge in [-0.05, 0) is 11.6 Å². The van der Waals surface area contributed by atoms with Crippen LogP contribution >= 0.6 is 0 Å². The molecule has 0 aliphatic carbocycles. The number of hydrogen-bond acceptors (Lipinski definition) is 8. The van der Waals surface area contributed by atoms with Crippen LogP contribution < -0.4 is 10.1 Å². The molecule has 2 rings (SSSR count). The van der Waals surface area contributed by atoms with Crippen LogP contribution in [0.1, 0.15) is 11.1 Å². The Morgan fingerprint density at radius 3 is 2.30 bits per heavy atom. The fraction of sp³-hybridized carbons (Fsp3) is 0.263. The molecule has 11 heteroatoms. The highest BCUT2D eigenvalue weighted by Gasteiger charge is 2.25. The van der Waals surface area contributed by atoms with Crippen molar-refractivity contribution >= 4 is 23.3 Å². The largest absolute Gasteiger partial charge is 0.496 e. The highest BCUT2D eigenvalue weighted by Crippen LogP contribution is 2.25. The van der Waals surface area contributed by atoms with Gasteiger partial charge in [-0.1, -0.05) is 12.1 Å². The van der Waals surface area contributed by atoms with Gasteiger partial charge in [0, 0.05) is 36.2 Å². The fourth-order valence-corrected chi connectivity index (χ4v) is 2.80. The molecule has 0 saturated heterocycles. The minimum Gasteiger partial charge on any atom is -0.496 e. The number of nitro benzene ring substituents is 2. The SMILES string of the molecule is COC(=O)[C@H](Cc1cc([N+](=O)[O-])ccc1OC)NC(=O)Cc1cccc([N+](=O)[O-])c1. The topological polar surface area (TPSA) is 151 Å². The maximum absolute atomic E-state index is 12.4. The van der Waals surface area contributed by atoms with Gasteiger partial charge in [0.1, 0.15) is 11.8 Å². The standard InChI is InChI=1S/C19H19N3O8/c1-29-17-7-6-15(22(27)28)10-13(17)11-16(19(24)30-2)20-18(23)9-12-4-3-5-14(8-12)21(25)26/h3-8,10,16H,9,11H2,1-2H3,(H,20,23)/t16-/m0/s1. The summed E-state index contributed by atoms with van der Waals surface area (Å²) >= 11 is 0. The molecule has 0 radical (unpaired) electrons. The number of hydrogen-bond donors (Lipinski definition) is 1. The van der Waals surface area contributed by atoms with Gasteiger partial charge >= 0.3 is 5.97 Å². The summed E-state index contributed by atoms with van der Waals surface area (Å²) in [7, 11) is 2.52. The second-order valence-electron chi connectivity index (χ2n) is 6.20. The molecule has 0 saturated carbocycles. The Bertz CT molecular complexity index is 976. The maximum Gasteiger partial charge on any atom is 0.328 e. The highest BCUT2D eigenvalue weighted by molar-refractivity contribution is 5.86. The van der Waals surface area contributed by atoms with Crippen LogP contribution in [-0.2, 0) is 27.2 Å². The average Bonchev–Trinajstić information content (AvgIpc) is 2.72. The molecule has 1 amide bonds. The summed E-state index contributed by atoms with van der Waals surface area (Å²) in [5.41, 5.74) is 0.361. The number of carbonyl (C=O) groups excluding carboxylic acids is 2. The van der Waals surface area contributed by atoms with Crippen molar-refractivity contribution in [1.29, 1.82) is 0 Å². The van der Waals surface area contributed by atoms with Crippen LogP contribution in [0.5, 0.6) is 5.75 Å². The van der Waals surface area contributed by atoms with Crippen LogP contribution in [0.15, 0.2) is 42.5 Å². The molecule has 0 unspecified atom stereocenters. The zero-order chi connectivity index (χ0) is 22.3. The Morgan fingerprint density at radius 2 is 1.70 bits per heavy atom. The van der Waals surface area contributed by atoms with Crippen LogP contribution in [0.4, 0.5) is 11.4 Å². The van der Waals surface area contributed by atoms with Crippen molar-refractivity contribution in [3.63, 3.8) is 0 Å². The molecule has 0 heterocycles. The summed E-state index contributed by atoms with van der Waals surface area (Å²) in [5, 5.41) is 24.4. The lowest BCUT2D eigenvalue weighted by Gasteiger charge is -2.18. The first-order chi connectivity index (χ1) is 14.2. The van der Waals surface area contributed by atoms with E-state index in [-0.39, 0.29) is 24.2 Å². The van der Waals surface area contributed by atoms with Crippen molar-refractivity contribution < 1.29 is 28.9 Å². The smallest absolute Gasteiger partial charge is 0.328 e. The molecule has 0 fully saturated rings. The average molecular weight is 417 g/mol. The molecule has 0 bridgehead atoms. The molecule has 1 atom stereocenters. The minimum atomic E-state index is -1.14. The fourth-order valence-electron chi connectivity index (χ4n) is 2.80. The molecule has 0 aliphatic rings. The molecular formula is C19H19N3O8. The molecule has 11 nitrogen and oxygen atoms in total. The van der Waals surface area contributed by atoms with E-state index in [9.17, 15) is 29.8 Å². The molecule has 30 heavy (non-hydrogen) atoms. The first kappa shape index (κ1) is 22.3. The molecule has 1 N–H and O–H groups in total. The van der Waals surface area contributed by atoms with Gasteiger partial charge in [0.05, 0.1) is 30.5 Å². The van der Waals surface area contributed by atoms with Crippen molar-refractivity contribution in [2.24, 2.45) is 0 Å². The number of esters is 1. The minimum absolute atomic E-state index is 0.113.